The van der Waals surface area contributed by atoms with Crippen molar-refractivity contribution in [2.75, 3.05) is 19.3 Å². The Morgan fingerprint density at radius 3 is 2.69 bits per heavy atom. The summed E-state index contributed by atoms with van der Waals surface area (Å²) in [5.74, 6) is -0.603. The fraction of sp³-hybridized carbons (Fsp3) is 0.556. The fourth-order valence-electron chi connectivity index (χ4n) is 1.29. The summed E-state index contributed by atoms with van der Waals surface area (Å²) in [4.78, 5) is 12.6. The number of H-pyrrole nitrogens is 1. The molecule has 0 aliphatic carbocycles. The second-order valence-corrected chi connectivity index (χ2v) is 3.39. The summed E-state index contributed by atoms with van der Waals surface area (Å²) in [6.45, 7) is 1.22. The summed E-state index contributed by atoms with van der Waals surface area (Å²) in [6, 6.07) is 0. The second-order valence-electron chi connectivity index (χ2n) is 3.39. The molecular formula is C9H14F2N4O. The van der Waals surface area contributed by atoms with Gasteiger partial charge < -0.3 is 10.6 Å². The number of amides is 1. The van der Waals surface area contributed by atoms with Crippen molar-refractivity contribution >= 4 is 11.6 Å². The molecule has 0 aliphatic rings. The van der Waals surface area contributed by atoms with Crippen molar-refractivity contribution in [3.8, 4) is 0 Å². The second kappa shape index (κ2) is 4.91. The SMILES string of the molecule is CCc1[nH]nc(C(=O)N(C)CC(F)F)c1N. The number of aryl methyl sites for hydroxylation is 1. The van der Waals surface area contributed by atoms with Crippen LogP contribution in [0.4, 0.5) is 14.5 Å². The van der Waals surface area contributed by atoms with Crippen LogP contribution in [0.25, 0.3) is 0 Å². The molecule has 0 unspecified atom stereocenters. The lowest BCUT2D eigenvalue weighted by Gasteiger charge is -2.15. The minimum atomic E-state index is -2.57. The minimum absolute atomic E-state index is 0.000000000000000444. The molecule has 0 saturated carbocycles. The Bertz CT molecular complexity index is 378. The highest BCUT2D eigenvalue weighted by molar-refractivity contribution is 5.97. The Morgan fingerprint density at radius 2 is 2.25 bits per heavy atom. The normalized spacial score (nSPS) is 10.8. The number of aromatic amines is 1. The van der Waals surface area contributed by atoms with Crippen molar-refractivity contribution in [1.82, 2.24) is 15.1 Å². The van der Waals surface area contributed by atoms with E-state index in [9.17, 15) is 13.6 Å². The zero-order chi connectivity index (χ0) is 12.3. The average molecular weight is 232 g/mol. The lowest BCUT2D eigenvalue weighted by molar-refractivity contribution is 0.0616. The van der Waals surface area contributed by atoms with E-state index in [0.717, 1.165) is 4.90 Å². The van der Waals surface area contributed by atoms with Gasteiger partial charge in [0.2, 0.25) is 0 Å². The summed E-state index contributed by atoms with van der Waals surface area (Å²) in [5, 5.41) is 6.33. The van der Waals surface area contributed by atoms with Gasteiger partial charge in [-0.1, -0.05) is 6.92 Å². The van der Waals surface area contributed by atoms with Crippen LogP contribution in [-0.4, -0.2) is 41.0 Å². The molecule has 16 heavy (non-hydrogen) atoms. The molecule has 0 aromatic carbocycles. The highest BCUT2D eigenvalue weighted by Gasteiger charge is 2.21. The molecular weight excluding hydrogens is 218 g/mol. The standard InChI is InChI=1S/C9H14F2N4O/c1-3-5-7(12)8(14-13-5)9(16)15(2)4-6(10)11/h6H,3-4,12H2,1-2H3,(H,13,14). The number of rotatable bonds is 4. The van der Waals surface area contributed by atoms with Gasteiger partial charge in [-0.2, -0.15) is 5.10 Å². The molecule has 0 spiro atoms. The summed E-state index contributed by atoms with van der Waals surface area (Å²) in [5.41, 5.74) is 6.52. The summed E-state index contributed by atoms with van der Waals surface area (Å²) in [7, 11) is 1.29. The van der Waals surface area contributed by atoms with Gasteiger partial charge in [0, 0.05) is 7.05 Å². The van der Waals surface area contributed by atoms with E-state index in [2.05, 4.69) is 10.2 Å². The van der Waals surface area contributed by atoms with Crippen LogP contribution < -0.4 is 5.73 Å². The van der Waals surface area contributed by atoms with Crippen LogP contribution in [0, 0.1) is 0 Å². The average Bonchev–Trinajstić information content (AvgIpc) is 2.57. The third-order valence-electron chi connectivity index (χ3n) is 2.20. The predicted molar refractivity (Wildman–Crippen MR) is 55.3 cm³/mol. The minimum Gasteiger partial charge on any atom is -0.395 e. The number of nitrogens with one attached hydrogen (secondary N) is 1. The van der Waals surface area contributed by atoms with Crippen LogP contribution in [0.5, 0.6) is 0 Å². The molecule has 0 atom stereocenters. The highest BCUT2D eigenvalue weighted by Crippen LogP contribution is 2.16. The van der Waals surface area contributed by atoms with Crippen molar-refractivity contribution in [2.45, 2.75) is 19.8 Å². The van der Waals surface area contributed by atoms with Crippen molar-refractivity contribution < 1.29 is 13.6 Å². The maximum atomic E-state index is 12.1. The molecule has 1 aromatic rings. The molecule has 1 aromatic heterocycles. The number of hydrogen-bond acceptors (Lipinski definition) is 3. The van der Waals surface area contributed by atoms with E-state index < -0.39 is 18.9 Å². The topological polar surface area (TPSA) is 75.0 Å². The first-order valence-electron chi connectivity index (χ1n) is 4.83. The van der Waals surface area contributed by atoms with Crippen LogP contribution in [0.1, 0.15) is 23.1 Å². The van der Waals surface area contributed by atoms with E-state index >= 15 is 0 Å². The first-order valence-corrected chi connectivity index (χ1v) is 4.83. The molecule has 90 valence electrons. The molecule has 5 nitrogen and oxygen atoms in total. The number of nitrogens with two attached hydrogens (primary N) is 1. The van der Waals surface area contributed by atoms with E-state index in [0.29, 0.717) is 12.1 Å². The summed E-state index contributed by atoms with van der Waals surface area (Å²) in [6.07, 6.45) is -1.97. The zero-order valence-corrected chi connectivity index (χ0v) is 9.13. The first-order chi connectivity index (χ1) is 7.47. The van der Waals surface area contributed by atoms with Crippen LogP contribution in [0.15, 0.2) is 0 Å². The predicted octanol–water partition coefficient (Wildman–Crippen LogP) is 0.891. The number of hydrogen-bond donors (Lipinski definition) is 2. The van der Waals surface area contributed by atoms with Gasteiger partial charge in [0.1, 0.15) is 0 Å². The van der Waals surface area contributed by atoms with Gasteiger partial charge in [0.25, 0.3) is 12.3 Å². The molecule has 0 radical (unpaired) electrons. The van der Waals surface area contributed by atoms with Gasteiger partial charge in [0.05, 0.1) is 17.9 Å². The van der Waals surface area contributed by atoms with Gasteiger partial charge in [-0.05, 0) is 6.42 Å². The third-order valence-corrected chi connectivity index (χ3v) is 2.20. The van der Waals surface area contributed by atoms with Crippen molar-refractivity contribution in [3.63, 3.8) is 0 Å². The molecule has 1 rings (SSSR count). The number of nitrogen functional groups attached to an aromatic ring is 1. The van der Waals surface area contributed by atoms with Crippen LogP contribution in [0.2, 0.25) is 0 Å². The van der Waals surface area contributed by atoms with Crippen molar-refractivity contribution in [3.05, 3.63) is 11.4 Å². The molecule has 0 fully saturated rings. The summed E-state index contributed by atoms with van der Waals surface area (Å²) < 4.78 is 24.2. The van der Waals surface area contributed by atoms with Crippen LogP contribution >= 0.6 is 0 Å². The van der Waals surface area contributed by atoms with Gasteiger partial charge in [-0.15, -0.1) is 0 Å². The number of nitrogens with zero attached hydrogens (tertiary/aromatic N) is 2. The molecule has 1 amide bonds. The number of carbonyl (C=O) groups is 1. The van der Waals surface area contributed by atoms with E-state index in [1.165, 1.54) is 7.05 Å². The van der Waals surface area contributed by atoms with E-state index in [-0.39, 0.29) is 11.4 Å². The fourth-order valence-corrected chi connectivity index (χ4v) is 1.29. The Kier molecular flexibility index (Phi) is 3.81. The Balaban J connectivity index is 2.84. The van der Waals surface area contributed by atoms with E-state index in [1.807, 2.05) is 6.92 Å². The third kappa shape index (κ3) is 2.47. The quantitative estimate of drug-likeness (QED) is 0.809. The van der Waals surface area contributed by atoms with Crippen molar-refractivity contribution in [2.24, 2.45) is 0 Å². The van der Waals surface area contributed by atoms with Crippen molar-refractivity contribution in [1.29, 1.82) is 0 Å². The smallest absolute Gasteiger partial charge is 0.276 e. The Morgan fingerprint density at radius 1 is 1.62 bits per heavy atom. The van der Waals surface area contributed by atoms with Gasteiger partial charge in [-0.25, -0.2) is 8.78 Å². The number of carbonyl (C=O) groups excluding carboxylic acids is 1. The Labute approximate surface area is 91.6 Å². The lowest BCUT2D eigenvalue weighted by atomic mass is 10.2. The zero-order valence-electron chi connectivity index (χ0n) is 9.13. The van der Waals surface area contributed by atoms with Crippen LogP contribution in [-0.2, 0) is 6.42 Å². The number of halogens is 2. The first kappa shape index (κ1) is 12.4. The molecule has 0 aliphatic heterocycles. The molecule has 0 bridgehead atoms. The lowest BCUT2D eigenvalue weighted by Crippen LogP contribution is -2.32. The van der Waals surface area contributed by atoms with E-state index in [4.69, 9.17) is 5.73 Å². The molecule has 1 heterocycles. The van der Waals surface area contributed by atoms with E-state index in [1.54, 1.807) is 0 Å². The number of alkyl halides is 2. The molecule has 3 N–H and O–H groups in total. The Hall–Kier alpha value is -1.66. The number of anilines is 1. The molecule has 7 heteroatoms. The summed E-state index contributed by atoms with van der Waals surface area (Å²) >= 11 is 0. The maximum absolute atomic E-state index is 12.1. The van der Waals surface area contributed by atoms with Gasteiger partial charge in [0.15, 0.2) is 5.69 Å². The maximum Gasteiger partial charge on any atom is 0.276 e. The van der Waals surface area contributed by atoms with Crippen LogP contribution in [0.3, 0.4) is 0 Å². The van der Waals surface area contributed by atoms with Gasteiger partial charge >= 0.3 is 0 Å². The van der Waals surface area contributed by atoms with Gasteiger partial charge in [-0.3, -0.25) is 9.89 Å². The monoisotopic (exact) mass is 232 g/mol. The number of aromatic nitrogens is 2. The molecule has 0 saturated heterocycles. The highest BCUT2D eigenvalue weighted by atomic mass is 19.3. The largest absolute Gasteiger partial charge is 0.395 e.